The summed E-state index contributed by atoms with van der Waals surface area (Å²) in [6.07, 6.45) is 2.11. The highest BCUT2D eigenvalue weighted by Crippen LogP contribution is 2.23. The fraction of sp³-hybridized carbons (Fsp3) is 0.154. The van der Waals surface area contributed by atoms with E-state index in [-0.39, 0.29) is 5.76 Å². The number of carboxylic acids is 1. The second-order valence-electron chi connectivity index (χ2n) is 3.18. The van der Waals surface area contributed by atoms with Crippen molar-refractivity contribution in [3.05, 3.63) is 54.3 Å². The van der Waals surface area contributed by atoms with E-state index < -0.39 is 5.97 Å². The Labute approximate surface area is 94.7 Å². The summed E-state index contributed by atoms with van der Waals surface area (Å²) in [5.74, 6) is -1.10. The third-order valence-corrected chi connectivity index (χ3v) is 2.14. The predicted octanol–water partition coefficient (Wildman–Crippen LogP) is 2.70. The number of aliphatic carboxylic acids is 1. The second kappa shape index (κ2) is 5.75. The summed E-state index contributed by atoms with van der Waals surface area (Å²) < 4.78 is 4.91. The molecule has 0 aliphatic carbocycles. The van der Waals surface area contributed by atoms with E-state index in [1.54, 1.807) is 6.08 Å². The van der Waals surface area contributed by atoms with Gasteiger partial charge in [0, 0.05) is 5.57 Å². The van der Waals surface area contributed by atoms with Gasteiger partial charge in [-0.15, -0.1) is 6.58 Å². The molecule has 0 fully saturated rings. The van der Waals surface area contributed by atoms with Gasteiger partial charge >= 0.3 is 5.97 Å². The molecule has 0 aromatic heterocycles. The molecule has 1 aromatic rings. The van der Waals surface area contributed by atoms with E-state index in [4.69, 9.17) is 9.84 Å². The van der Waals surface area contributed by atoms with Gasteiger partial charge in [-0.1, -0.05) is 36.4 Å². The largest absolute Gasteiger partial charge is 0.490 e. The average molecular weight is 218 g/mol. The molecular formula is C13H14O3. The van der Waals surface area contributed by atoms with E-state index in [0.29, 0.717) is 12.0 Å². The number of allylic oxidation sites excluding steroid dienone is 2. The van der Waals surface area contributed by atoms with Crippen LogP contribution >= 0.6 is 0 Å². The van der Waals surface area contributed by atoms with Crippen molar-refractivity contribution >= 4 is 11.5 Å². The van der Waals surface area contributed by atoms with Crippen LogP contribution in [0.2, 0.25) is 0 Å². The first-order valence-electron chi connectivity index (χ1n) is 4.87. The second-order valence-corrected chi connectivity index (χ2v) is 3.18. The summed E-state index contributed by atoms with van der Waals surface area (Å²) in [6.45, 7) is 3.62. The van der Waals surface area contributed by atoms with Crippen molar-refractivity contribution in [3.63, 3.8) is 0 Å². The standard InChI is InChI=1S/C13H14O3/c1-3-7-11(12(16-2)13(14)15)10-8-5-4-6-9-10/h3-6,8-9H,1,7H2,2H3,(H,14,15). The number of rotatable bonds is 5. The Hall–Kier alpha value is -2.03. The first kappa shape index (κ1) is 12.0. The van der Waals surface area contributed by atoms with Crippen LogP contribution < -0.4 is 0 Å². The van der Waals surface area contributed by atoms with Crippen molar-refractivity contribution in [1.29, 1.82) is 0 Å². The lowest BCUT2D eigenvalue weighted by atomic mass is 10.0. The van der Waals surface area contributed by atoms with Gasteiger partial charge in [-0.25, -0.2) is 4.79 Å². The normalized spacial score (nSPS) is 11.6. The topological polar surface area (TPSA) is 46.5 Å². The first-order valence-corrected chi connectivity index (χ1v) is 4.87. The van der Waals surface area contributed by atoms with Crippen molar-refractivity contribution in [2.24, 2.45) is 0 Å². The fourth-order valence-corrected chi connectivity index (χ4v) is 1.46. The number of ether oxygens (including phenoxy) is 1. The van der Waals surface area contributed by atoms with Crippen molar-refractivity contribution in [1.82, 2.24) is 0 Å². The number of hydrogen-bond donors (Lipinski definition) is 1. The molecule has 1 aromatic carbocycles. The first-order chi connectivity index (χ1) is 7.70. The minimum absolute atomic E-state index is 0.0360. The van der Waals surface area contributed by atoms with E-state index in [1.807, 2.05) is 30.3 Å². The predicted molar refractivity (Wildman–Crippen MR) is 62.8 cm³/mol. The monoisotopic (exact) mass is 218 g/mol. The summed E-state index contributed by atoms with van der Waals surface area (Å²) in [4.78, 5) is 11.0. The van der Waals surface area contributed by atoms with Crippen molar-refractivity contribution in [2.45, 2.75) is 6.42 Å². The number of carboxylic acid groups (broad SMARTS) is 1. The molecule has 0 atom stereocenters. The molecule has 3 nitrogen and oxygen atoms in total. The Morgan fingerprint density at radius 2 is 2.06 bits per heavy atom. The van der Waals surface area contributed by atoms with Crippen LogP contribution in [0.1, 0.15) is 12.0 Å². The molecular weight excluding hydrogens is 204 g/mol. The summed E-state index contributed by atoms with van der Waals surface area (Å²) in [6, 6.07) is 9.28. The molecule has 1 rings (SSSR count). The summed E-state index contributed by atoms with van der Waals surface area (Å²) in [5.41, 5.74) is 1.47. The Balaban J connectivity index is 3.27. The van der Waals surface area contributed by atoms with Crippen LogP contribution in [0.5, 0.6) is 0 Å². The van der Waals surface area contributed by atoms with Crippen molar-refractivity contribution in [2.75, 3.05) is 7.11 Å². The van der Waals surface area contributed by atoms with E-state index in [0.717, 1.165) is 5.56 Å². The molecule has 0 aliphatic rings. The molecule has 0 aliphatic heterocycles. The van der Waals surface area contributed by atoms with Crippen LogP contribution in [0.3, 0.4) is 0 Å². The molecule has 0 unspecified atom stereocenters. The molecule has 1 N–H and O–H groups in total. The number of hydrogen-bond acceptors (Lipinski definition) is 2. The molecule has 0 radical (unpaired) electrons. The van der Waals surface area contributed by atoms with E-state index >= 15 is 0 Å². The molecule has 0 amide bonds. The maximum absolute atomic E-state index is 11.0. The summed E-state index contributed by atoms with van der Waals surface area (Å²) >= 11 is 0. The van der Waals surface area contributed by atoms with Gasteiger partial charge in [0.05, 0.1) is 7.11 Å². The van der Waals surface area contributed by atoms with Crippen LogP contribution in [0.25, 0.3) is 5.57 Å². The zero-order chi connectivity index (χ0) is 12.0. The van der Waals surface area contributed by atoms with Gasteiger partial charge in [-0.05, 0) is 12.0 Å². The Morgan fingerprint density at radius 1 is 1.44 bits per heavy atom. The SMILES string of the molecule is C=CCC(=C(OC)C(=O)O)c1ccccc1. The minimum Gasteiger partial charge on any atom is -0.490 e. The number of methoxy groups -OCH3 is 1. The van der Waals surface area contributed by atoms with E-state index in [9.17, 15) is 4.79 Å². The van der Waals surface area contributed by atoms with Crippen LogP contribution in [0, 0.1) is 0 Å². The third kappa shape index (κ3) is 2.73. The maximum atomic E-state index is 11.0. The lowest BCUT2D eigenvalue weighted by molar-refractivity contribution is -0.135. The molecule has 16 heavy (non-hydrogen) atoms. The van der Waals surface area contributed by atoms with Gasteiger partial charge in [0.15, 0.2) is 0 Å². The molecule has 0 saturated carbocycles. The van der Waals surface area contributed by atoms with E-state index in [2.05, 4.69) is 6.58 Å². The average Bonchev–Trinajstić information content (AvgIpc) is 2.29. The van der Waals surface area contributed by atoms with Crippen LogP contribution in [-0.2, 0) is 9.53 Å². The van der Waals surface area contributed by atoms with E-state index in [1.165, 1.54) is 7.11 Å². The molecule has 0 spiro atoms. The number of carbonyl (C=O) groups is 1. The highest BCUT2D eigenvalue weighted by molar-refractivity contribution is 5.94. The summed E-state index contributed by atoms with van der Waals surface area (Å²) in [5, 5.41) is 9.01. The lowest BCUT2D eigenvalue weighted by Crippen LogP contribution is -2.06. The van der Waals surface area contributed by atoms with Crippen LogP contribution in [-0.4, -0.2) is 18.2 Å². The van der Waals surface area contributed by atoms with Crippen LogP contribution in [0.4, 0.5) is 0 Å². The van der Waals surface area contributed by atoms with Gasteiger partial charge in [-0.2, -0.15) is 0 Å². The third-order valence-electron chi connectivity index (χ3n) is 2.14. The molecule has 3 heteroatoms. The van der Waals surface area contributed by atoms with Gasteiger partial charge in [0.25, 0.3) is 0 Å². The fourth-order valence-electron chi connectivity index (χ4n) is 1.46. The van der Waals surface area contributed by atoms with Gasteiger partial charge in [0.1, 0.15) is 0 Å². The van der Waals surface area contributed by atoms with Gasteiger partial charge < -0.3 is 9.84 Å². The molecule has 0 bridgehead atoms. The van der Waals surface area contributed by atoms with Crippen LogP contribution in [0.15, 0.2) is 48.7 Å². The zero-order valence-corrected chi connectivity index (χ0v) is 9.14. The van der Waals surface area contributed by atoms with Gasteiger partial charge in [0.2, 0.25) is 5.76 Å². The maximum Gasteiger partial charge on any atom is 0.371 e. The zero-order valence-electron chi connectivity index (χ0n) is 9.14. The lowest BCUT2D eigenvalue weighted by Gasteiger charge is -2.09. The molecule has 84 valence electrons. The summed E-state index contributed by atoms with van der Waals surface area (Å²) in [7, 11) is 1.36. The minimum atomic E-state index is -1.07. The highest BCUT2D eigenvalue weighted by Gasteiger charge is 2.15. The Kier molecular flexibility index (Phi) is 4.33. The number of benzene rings is 1. The van der Waals surface area contributed by atoms with Gasteiger partial charge in [-0.3, -0.25) is 0 Å². The van der Waals surface area contributed by atoms with Crippen molar-refractivity contribution in [3.8, 4) is 0 Å². The highest BCUT2D eigenvalue weighted by atomic mass is 16.5. The molecule has 0 saturated heterocycles. The smallest absolute Gasteiger partial charge is 0.371 e. The quantitative estimate of drug-likeness (QED) is 0.469. The van der Waals surface area contributed by atoms with Crippen molar-refractivity contribution < 1.29 is 14.6 Å². The Bertz CT molecular complexity index is 404. The Morgan fingerprint density at radius 3 is 2.50 bits per heavy atom. The molecule has 0 heterocycles.